The number of rotatable bonds is 3. The zero-order chi connectivity index (χ0) is 18.6. The van der Waals surface area contributed by atoms with Gasteiger partial charge in [-0.15, -0.1) is 0 Å². The van der Waals surface area contributed by atoms with Crippen LogP contribution in [-0.4, -0.2) is 25.1 Å². The lowest BCUT2D eigenvalue weighted by Crippen LogP contribution is -2.46. The molecule has 9 heteroatoms. The molecule has 0 unspecified atom stereocenters. The second-order valence-corrected chi connectivity index (χ2v) is 6.33. The van der Waals surface area contributed by atoms with E-state index in [1.807, 2.05) is 0 Å². The molecule has 2 amide bonds. The molecule has 0 spiro atoms. The zero-order valence-electron chi connectivity index (χ0n) is 13.5. The van der Waals surface area contributed by atoms with E-state index in [9.17, 15) is 22.8 Å². The van der Waals surface area contributed by atoms with Crippen LogP contribution in [0.4, 0.5) is 13.2 Å². The molecule has 0 aliphatic heterocycles. The van der Waals surface area contributed by atoms with Gasteiger partial charge in [-0.3, -0.25) is 20.4 Å². The standard InChI is InChI=1S/C16H18ClF3N2O3/c1-25-13-6-5-11(17)8-12(13)15(24)22-21-14(23)9-3-2-4-10(7-9)16(18,19)20/h5-6,8-10H,2-4,7H2,1H3,(H,21,23)(H,22,24)/t9-,10+/m0/s1. The van der Waals surface area contributed by atoms with E-state index in [1.165, 1.54) is 25.3 Å². The van der Waals surface area contributed by atoms with Gasteiger partial charge >= 0.3 is 6.18 Å². The molecule has 1 aliphatic carbocycles. The average Bonchev–Trinajstić information content (AvgIpc) is 2.58. The number of benzene rings is 1. The van der Waals surface area contributed by atoms with Crippen LogP contribution in [0.5, 0.6) is 5.75 Å². The fourth-order valence-corrected chi connectivity index (χ4v) is 3.04. The number of hydrogen-bond donors (Lipinski definition) is 2. The van der Waals surface area contributed by atoms with E-state index in [4.69, 9.17) is 16.3 Å². The SMILES string of the molecule is COc1ccc(Cl)cc1C(=O)NNC(=O)[C@H]1CCC[C@@H](C(F)(F)F)C1. The van der Waals surface area contributed by atoms with Crippen molar-refractivity contribution in [3.05, 3.63) is 28.8 Å². The fraction of sp³-hybridized carbons (Fsp3) is 0.500. The molecule has 2 rings (SSSR count). The molecule has 0 radical (unpaired) electrons. The number of halogens is 4. The first-order valence-corrected chi connectivity index (χ1v) is 8.10. The van der Waals surface area contributed by atoms with Crippen molar-refractivity contribution in [2.75, 3.05) is 7.11 Å². The number of hydrogen-bond acceptors (Lipinski definition) is 3. The first-order chi connectivity index (χ1) is 11.7. The number of carbonyl (C=O) groups is 2. The monoisotopic (exact) mass is 378 g/mol. The minimum Gasteiger partial charge on any atom is -0.496 e. The Morgan fingerprint density at radius 3 is 2.60 bits per heavy atom. The van der Waals surface area contributed by atoms with Crippen molar-refractivity contribution in [3.63, 3.8) is 0 Å². The van der Waals surface area contributed by atoms with Crippen molar-refractivity contribution in [1.29, 1.82) is 0 Å². The minimum absolute atomic E-state index is 0.0271. The molecule has 2 N–H and O–H groups in total. The summed E-state index contributed by atoms with van der Waals surface area (Å²) in [5.41, 5.74) is 4.49. The predicted molar refractivity (Wildman–Crippen MR) is 85.1 cm³/mol. The van der Waals surface area contributed by atoms with Gasteiger partial charge in [-0.2, -0.15) is 13.2 Å². The summed E-state index contributed by atoms with van der Waals surface area (Å²) in [6.07, 6.45) is -3.88. The van der Waals surface area contributed by atoms with Gasteiger partial charge in [-0.05, 0) is 37.5 Å². The van der Waals surface area contributed by atoms with E-state index in [0.29, 0.717) is 17.9 Å². The topological polar surface area (TPSA) is 67.4 Å². The molecule has 1 fully saturated rings. The number of hydrazine groups is 1. The molecule has 1 aliphatic rings. The molecule has 138 valence electrons. The molecule has 0 aromatic heterocycles. The van der Waals surface area contributed by atoms with E-state index >= 15 is 0 Å². The molecule has 5 nitrogen and oxygen atoms in total. The second kappa shape index (κ2) is 7.95. The predicted octanol–water partition coefficient (Wildman–Crippen LogP) is 3.48. The minimum atomic E-state index is -4.31. The Hall–Kier alpha value is -1.96. The van der Waals surface area contributed by atoms with E-state index in [0.717, 1.165) is 0 Å². The van der Waals surface area contributed by atoms with Gasteiger partial charge in [0.15, 0.2) is 0 Å². The second-order valence-electron chi connectivity index (χ2n) is 5.89. The van der Waals surface area contributed by atoms with Crippen LogP contribution in [0.25, 0.3) is 0 Å². The average molecular weight is 379 g/mol. The van der Waals surface area contributed by atoms with Gasteiger partial charge in [-0.25, -0.2) is 0 Å². The molecule has 1 aromatic rings. The molecular formula is C16H18ClF3N2O3. The summed E-state index contributed by atoms with van der Waals surface area (Å²) in [5.74, 6) is -3.33. The van der Waals surface area contributed by atoms with E-state index in [-0.39, 0.29) is 24.2 Å². The Balaban J connectivity index is 1.96. The maximum Gasteiger partial charge on any atom is 0.391 e. The molecule has 0 heterocycles. The first-order valence-electron chi connectivity index (χ1n) is 7.72. The Morgan fingerprint density at radius 1 is 1.24 bits per heavy atom. The van der Waals surface area contributed by atoms with Gasteiger partial charge in [0.1, 0.15) is 5.75 Å². The van der Waals surface area contributed by atoms with Crippen molar-refractivity contribution in [2.45, 2.75) is 31.9 Å². The maximum absolute atomic E-state index is 12.8. The quantitative estimate of drug-likeness (QED) is 0.791. The molecule has 25 heavy (non-hydrogen) atoms. The van der Waals surface area contributed by atoms with Crippen LogP contribution < -0.4 is 15.6 Å². The number of carbonyl (C=O) groups excluding carboxylic acids is 2. The van der Waals surface area contributed by atoms with Gasteiger partial charge < -0.3 is 4.74 Å². The van der Waals surface area contributed by atoms with E-state index in [2.05, 4.69) is 10.9 Å². The molecule has 0 saturated heterocycles. The van der Waals surface area contributed by atoms with Crippen molar-refractivity contribution in [2.24, 2.45) is 11.8 Å². The lowest BCUT2D eigenvalue weighted by Gasteiger charge is -2.29. The summed E-state index contributed by atoms with van der Waals surface area (Å²) in [6, 6.07) is 4.39. The first kappa shape index (κ1) is 19.4. The highest BCUT2D eigenvalue weighted by Crippen LogP contribution is 2.39. The van der Waals surface area contributed by atoms with Crippen LogP contribution in [0.15, 0.2) is 18.2 Å². The molecule has 0 bridgehead atoms. The van der Waals surface area contributed by atoms with Crippen LogP contribution >= 0.6 is 11.6 Å². The van der Waals surface area contributed by atoms with Gasteiger partial charge in [0.2, 0.25) is 5.91 Å². The summed E-state index contributed by atoms with van der Waals surface area (Å²) >= 11 is 5.83. The molecule has 1 saturated carbocycles. The highest BCUT2D eigenvalue weighted by atomic mass is 35.5. The third-order valence-electron chi connectivity index (χ3n) is 4.21. The lowest BCUT2D eigenvalue weighted by atomic mass is 9.80. The fourth-order valence-electron chi connectivity index (χ4n) is 2.87. The van der Waals surface area contributed by atoms with E-state index < -0.39 is 29.8 Å². The Kier molecular flexibility index (Phi) is 6.16. The van der Waals surface area contributed by atoms with Gasteiger partial charge in [0, 0.05) is 10.9 Å². The normalized spacial score (nSPS) is 20.7. The van der Waals surface area contributed by atoms with Crippen LogP contribution in [-0.2, 0) is 4.79 Å². The highest BCUT2D eigenvalue weighted by molar-refractivity contribution is 6.31. The van der Waals surface area contributed by atoms with Crippen LogP contribution in [0.2, 0.25) is 5.02 Å². The van der Waals surface area contributed by atoms with Gasteiger partial charge in [0.25, 0.3) is 5.91 Å². The number of alkyl halides is 3. The Morgan fingerprint density at radius 2 is 1.96 bits per heavy atom. The van der Waals surface area contributed by atoms with Crippen molar-refractivity contribution >= 4 is 23.4 Å². The number of ether oxygens (including phenoxy) is 1. The largest absolute Gasteiger partial charge is 0.496 e. The van der Waals surface area contributed by atoms with Crippen LogP contribution in [0.1, 0.15) is 36.0 Å². The summed E-state index contributed by atoms with van der Waals surface area (Å²) in [6.45, 7) is 0. The van der Waals surface area contributed by atoms with Crippen LogP contribution in [0.3, 0.4) is 0 Å². The molecule has 2 atom stereocenters. The summed E-state index contributed by atoms with van der Waals surface area (Å²) in [5, 5.41) is 0.303. The van der Waals surface area contributed by atoms with Crippen molar-refractivity contribution < 1.29 is 27.5 Å². The Bertz CT molecular complexity index is 652. The summed E-state index contributed by atoms with van der Waals surface area (Å²) < 4.78 is 43.5. The number of nitrogens with one attached hydrogen (secondary N) is 2. The smallest absolute Gasteiger partial charge is 0.391 e. The summed E-state index contributed by atoms with van der Waals surface area (Å²) in [7, 11) is 1.37. The maximum atomic E-state index is 12.8. The Labute approximate surface area is 147 Å². The van der Waals surface area contributed by atoms with Crippen LogP contribution in [0, 0.1) is 11.8 Å². The molecular weight excluding hydrogens is 361 g/mol. The van der Waals surface area contributed by atoms with E-state index in [1.54, 1.807) is 0 Å². The van der Waals surface area contributed by atoms with Crippen molar-refractivity contribution in [1.82, 2.24) is 10.9 Å². The third kappa shape index (κ3) is 5.01. The van der Waals surface area contributed by atoms with Gasteiger partial charge in [0.05, 0.1) is 18.6 Å². The number of amides is 2. The van der Waals surface area contributed by atoms with Gasteiger partial charge in [-0.1, -0.05) is 18.0 Å². The number of methoxy groups -OCH3 is 1. The summed E-state index contributed by atoms with van der Waals surface area (Å²) in [4.78, 5) is 24.2. The molecule has 1 aromatic carbocycles. The van der Waals surface area contributed by atoms with Crippen molar-refractivity contribution in [3.8, 4) is 5.75 Å². The lowest BCUT2D eigenvalue weighted by molar-refractivity contribution is -0.186. The highest BCUT2D eigenvalue weighted by Gasteiger charge is 2.43. The third-order valence-corrected chi connectivity index (χ3v) is 4.45. The zero-order valence-corrected chi connectivity index (χ0v) is 14.2.